The van der Waals surface area contributed by atoms with Gasteiger partial charge in [-0.2, -0.15) is 0 Å². The molecule has 0 saturated carbocycles. The van der Waals surface area contributed by atoms with Crippen LogP contribution in [-0.2, 0) is 71.5 Å². The Balaban J connectivity index is 0.000000240. The molecule has 0 spiro atoms. The molecule has 0 unspecified atom stereocenters. The van der Waals surface area contributed by atoms with Crippen molar-refractivity contribution in [3.8, 4) is 0 Å². The SMILES string of the molecule is CC(C)(C)c1ccc(C2=[C-]c3cc4c(cc3C2)C(C)(C)CCC4(C)C)cc1.CC(C)(C)c1ccc(C2=[C-]c3cc4c(cc3C2)C(C)(C)CCC4(C)C)cc1.[Cl-].[Cl-].[Zr+4]. The maximum Gasteiger partial charge on any atom is 4.00 e. The Morgan fingerprint density at radius 1 is 0.421 bits per heavy atom. The van der Waals surface area contributed by atoms with E-state index >= 15 is 0 Å². The van der Waals surface area contributed by atoms with Gasteiger partial charge in [0.15, 0.2) is 0 Å². The molecule has 0 fully saturated rings. The van der Waals surface area contributed by atoms with E-state index in [0.29, 0.717) is 0 Å². The second-order valence-electron chi connectivity index (χ2n) is 21.9. The summed E-state index contributed by atoms with van der Waals surface area (Å²) in [6.07, 6.45) is 14.6. The Morgan fingerprint density at radius 3 is 0.947 bits per heavy atom. The molecule has 0 nitrogen and oxygen atoms in total. The van der Waals surface area contributed by atoms with E-state index < -0.39 is 0 Å². The van der Waals surface area contributed by atoms with Gasteiger partial charge in [-0.1, -0.05) is 204 Å². The number of hydrogen-bond donors (Lipinski definition) is 0. The summed E-state index contributed by atoms with van der Waals surface area (Å²) in [5.41, 5.74) is 21.3. The summed E-state index contributed by atoms with van der Waals surface area (Å²) < 4.78 is 0. The third kappa shape index (κ3) is 9.43. The first kappa shape index (κ1) is 47.5. The number of fused-ring (bicyclic) bond motifs is 4. The monoisotopic (exact) mass is 874 g/mol. The van der Waals surface area contributed by atoms with Crippen molar-refractivity contribution < 1.29 is 51.0 Å². The molecule has 0 radical (unpaired) electrons. The summed E-state index contributed by atoms with van der Waals surface area (Å²) in [5.74, 6) is 0. The smallest absolute Gasteiger partial charge is 1.00 e. The van der Waals surface area contributed by atoms with Gasteiger partial charge in [0.25, 0.3) is 0 Å². The molecule has 8 rings (SSSR count). The van der Waals surface area contributed by atoms with Crippen molar-refractivity contribution in [2.24, 2.45) is 0 Å². The zero-order valence-electron chi connectivity index (χ0n) is 37.4. The second-order valence-corrected chi connectivity index (χ2v) is 21.9. The van der Waals surface area contributed by atoms with E-state index in [2.05, 4.69) is 182 Å². The average molecular weight is 877 g/mol. The zero-order chi connectivity index (χ0) is 39.2. The number of hydrogen-bond acceptors (Lipinski definition) is 0. The molecular formula is C54H66Cl2Zr. The van der Waals surface area contributed by atoms with Crippen molar-refractivity contribution in [1.29, 1.82) is 0 Å². The minimum atomic E-state index is 0. The maximum absolute atomic E-state index is 3.74. The molecule has 0 bridgehead atoms. The van der Waals surface area contributed by atoms with Crippen LogP contribution >= 0.6 is 0 Å². The van der Waals surface area contributed by atoms with Gasteiger partial charge >= 0.3 is 26.2 Å². The molecule has 4 aliphatic rings. The molecule has 0 amide bonds. The van der Waals surface area contributed by atoms with E-state index in [1.54, 1.807) is 11.1 Å². The summed E-state index contributed by atoms with van der Waals surface area (Å²) in [5, 5.41) is 0. The van der Waals surface area contributed by atoms with Crippen LogP contribution in [0.3, 0.4) is 0 Å². The van der Waals surface area contributed by atoms with E-state index in [0.717, 1.165) is 12.8 Å². The van der Waals surface area contributed by atoms with E-state index in [9.17, 15) is 0 Å². The minimum Gasteiger partial charge on any atom is -1.00 e. The van der Waals surface area contributed by atoms with E-state index in [4.69, 9.17) is 0 Å². The predicted octanol–water partition coefficient (Wildman–Crippen LogP) is 8.25. The molecule has 0 heterocycles. The summed E-state index contributed by atoms with van der Waals surface area (Å²) in [6, 6.07) is 28.1. The first-order valence-corrected chi connectivity index (χ1v) is 20.8. The third-order valence-electron chi connectivity index (χ3n) is 13.7. The number of rotatable bonds is 2. The molecule has 0 saturated heterocycles. The second kappa shape index (κ2) is 16.4. The molecule has 57 heavy (non-hydrogen) atoms. The Hall–Kier alpha value is -2.18. The summed E-state index contributed by atoms with van der Waals surface area (Å²) in [6.45, 7) is 32.9. The largest absolute Gasteiger partial charge is 4.00 e. The summed E-state index contributed by atoms with van der Waals surface area (Å²) >= 11 is 0. The fourth-order valence-electron chi connectivity index (χ4n) is 9.33. The molecule has 3 heteroatoms. The van der Waals surface area contributed by atoms with Crippen molar-refractivity contribution in [3.05, 3.63) is 152 Å². The van der Waals surface area contributed by atoms with E-state index in [1.807, 2.05) is 0 Å². The van der Waals surface area contributed by atoms with E-state index in [-0.39, 0.29) is 83.5 Å². The molecule has 300 valence electrons. The van der Waals surface area contributed by atoms with Crippen LogP contribution in [0.5, 0.6) is 0 Å². The standard InChI is InChI=1S/2C27H33.2ClH.Zr/c2*1-25(2,3)22-10-8-18(9-11-22)19-14-20-16-23-24(17-21(20)15-19)27(6,7)13-12-26(23,4)5;;;/h2*8-11,16-17H,12-14H2,1-7H3;2*1H;/q2*-1;;;+4/p-2. The first-order chi connectivity index (χ1) is 24.9. The molecule has 0 N–H and O–H groups in total. The Bertz CT molecular complexity index is 2000. The average Bonchev–Trinajstić information content (AvgIpc) is 3.72. The van der Waals surface area contributed by atoms with Gasteiger partial charge in [0.2, 0.25) is 0 Å². The minimum absolute atomic E-state index is 0. The van der Waals surface area contributed by atoms with Gasteiger partial charge in [0, 0.05) is 0 Å². The summed E-state index contributed by atoms with van der Waals surface area (Å²) in [7, 11) is 0. The van der Waals surface area contributed by atoms with Gasteiger partial charge in [0.1, 0.15) is 0 Å². The normalized spacial score (nSPS) is 19.0. The molecule has 4 aromatic rings. The Kier molecular flexibility index (Phi) is 13.6. The quantitative estimate of drug-likeness (QED) is 0.178. The molecule has 0 aliphatic heterocycles. The first-order valence-electron chi connectivity index (χ1n) is 20.8. The topological polar surface area (TPSA) is 0 Å². The molecule has 0 atom stereocenters. The van der Waals surface area contributed by atoms with Gasteiger partial charge in [-0.3, -0.25) is 0 Å². The zero-order valence-corrected chi connectivity index (χ0v) is 41.4. The van der Waals surface area contributed by atoms with Crippen molar-refractivity contribution >= 4 is 11.1 Å². The number of halogens is 2. The van der Waals surface area contributed by atoms with Gasteiger partial charge in [-0.05, 0) is 69.3 Å². The summed E-state index contributed by atoms with van der Waals surface area (Å²) in [4.78, 5) is 0. The fourth-order valence-corrected chi connectivity index (χ4v) is 9.33. The van der Waals surface area contributed by atoms with Crippen LogP contribution in [-0.4, -0.2) is 0 Å². The Labute approximate surface area is 379 Å². The molecular weight excluding hydrogens is 811 g/mol. The van der Waals surface area contributed by atoms with Crippen molar-refractivity contribution in [2.45, 2.75) is 168 Å². The molecule has 4 aromatic carbocycles. The fraction of sp³-hybridized carbons (Fsp3) is 0.481. The van der Waals surface area contributed by atoms with Crippen LogP contribution in [0.1, 0.15) is 189 Å². The van der Waals surface area contributed by atoms with E-state index in [1.165, 1.54) is 92.5 Å². The molecule has 0 aromatic heterocycles. The van der Waals surface area contributed by atoms with Gasteiger partial charge < -0.3 is 24.8 Å². The van der Waals surface area contributed by atoms with Gasteiger partial charge in [0.05, 0.1) is 0 Å². The van der Waals surface area contributed by atoms with Gasteiger partial charge in [-0.25, -0.2) is 0 Å². The van der Waals surface area contributed by atoms with Crippen LogP contribution in [0.2, 0.25) is 0 Å². The van der Waals surface area contributed by atoms with Crippen LogP contribution < -0.4 is 24.8 Å². The van der Waals surface area contributed by atoms with Crippen LogP contribution in [0.25, 0.3) is 11.1 Å². The third-order valence-corrected chi connectivity index (χ3v) is 13.7. The van der Waals surface area contributed by atoms with Crippen LogP contribution in [0.15, 0.2) is 72.8 Å². The maximum atomic E-state index is 3.74. The van der Waals surface area contributed by atoms with Crippen molar-refractivity contribution in [2.75, 3.05) is 0 Å². The molecule has 4 aliphatic carbocycles. The van der Waals surface area contributed by atoms with Crippen molar-refractivity contribution in [1.82, 2.24) is 0 Å². The number of benzene rings is 4. The van der Waals surface area contributed by atoms with Crippen molar-refractivity contribution in [3.63, 3.8) is 0 Å². The predicted molar refractivity (Wildman–Crippen MR) is 233 cm³/mol. The number of allylic oxidation sites excluding steroid dienone is 2. The van der Waals surface area contributed by atoms with Crippen LogP contribution in [0.4, 0.5) is 0 Å². The van der Waals surface area contributed by atoms with Gasteiger partial charge in [-0.15, -0.1) is 57.7 Å². The van der Waals surface area contributed by atoms with Crippen LogP contribution in [0, 0.1) is 12.2 Å². The Morgan fingerprint density at radius 2 is 0.684 bits per heavy atom.